The lowest BCUT2D eigenvalue weighted by Crippen LogP contribution is -2.45. The second-order valence-corrected chi connectivity index (χ2v) is 5.07. The van der Waals surface area contributed by atoms with Gasteiger partial charge < -0.3 is 10.1 Å². The number of methoxy groups -OCH3 is 1. The third-order valence-corrected chi connectivity index (χ3v) is 3.58. The average Bonchev–Trinajstić information content (AvgIpc) is 2.32. The van der Waals surface area contributed by atoms with E-state index in [1.807, 2.05) is 0 Å². The van der Waals surface area contributed by atoms with Crippen molar-refractivity contribution >= 4 is 15.9 Å². The molecule has 21 heavy (non-hydrogen) atoms. The van der Waals surface area contributed by atoms with Gasteiger partial charge in [0.2, 0.25) is 0 Å². The van der Waals surface area contributed by atoms with Crippen LogP contribution in [0.25, 0.3) is 0 Å². The molecule has 0 fully saturated rings. The van der Waals surface area contributed by atoms with E-state index < -0.39 is 24.3 Å². The van der Waals surface area contributed by atoms with Crippen molar-refractivity contribution in [1.29, 1.82) is 0 Å². The molecule has 0 saturated heterocycles. The fraction of sp³-hybridized carbons (Fsp3) is 0.500. The fourth-order valence-corrected chi connectivity index (χ4v) is 2.56. The molecular formula is C12H12BrF6NO. The molecule has 0 bridgehead atoms. The van der Waals surface area contributed by atoms with Gasteiger partial charge in [-0.1, -0.05) is 22.0 Å². The number of rotatable bonds is 4. The van der Waals surface area contributed by atoms with E-state index in [0.29, 0.717) is 5.75 Å². The lowest BCUT2D eigenvalue weighted by atomic mass is 9.91. The molecule has 0 aliphatic rings. The summed E-state index contributed by atoms with van der Waals surface area (Å²) in [4.78, 5) is 0. The molecule has 0 aliphatic carbocycles. The molecule has 0 aliphatic heterocycles. The molecule has 0 heterocycles. The van der Waals surface area contributed by atoms with Crippen molar-refractivity contribution in [3.05, 3.63) is 28.2 Å². The second-order valence-electron chi connectivity index (χ2n) is 4.21. The fourth-order valence-electron chi connectivity index (χ4n) is 1.95. The Kier molecular flexibility index (Phi) is 5.54. The number of halogens is 7. The number of nitrogens with one attached hydrogen (secondary N) is 1. The Morgan fingerprint density at radius 1 is 1.10 bits per heavy atom. The van der Waals surface area contributed by atoms with E-state index in [1.165, 1.54) is 19.2 Å². The van der Waals surface area contributed by atoms with Crippen LogP contribution in [0, 0.1) is 5.92 Å². The molecule has 1 aromatic rings. The first-order valence-electron chi connectivity index (χ1n) is 5.66. The second kappa shape index (κ2) is 6.43. The molecule has 0 radical (unpaired) electrons. The molecule has 0 saturated carbocycles. The van der Waals surface area contributed by atoms with Crippen LogP contribution in [0.4, 0.5) is 26.3 Å². The minimum absolute atomic E-state index is 0.0969. The van der Waals surface area contributed by atoms with Gasteiger partial charge in [-0.2, -0.15) is 26.3 Å². The van der Waals surface area contributed by atoms with E-state index in [2.05, 4.69) is 21.2 Å². The van der Waals surface area contributed by atoms with Gasteiger partial charge in [-0.05, 0) is 24.7 Å². The summed E-state index contributed by atoms with van der Waals surface area (Å²) in [5, 5.41) is 2.10. The third kappa shape index (κ3) is 4.26. The van der Waals surface area contributed by atoms with E-state index in [9.17, 15) is 26.3 Å². The van der Waals surface area contributed by atoms with Crippen LogP contribution in [-0.2, 0) is 0 Å². The maximum absolute atomic E-state index is 12.8. The Morgan fingerprint density at radius 3 is 1.95 bits per heavy atom. The van der Waals surface area contributed by atoms with E-state index in [-0.39, 0.29) is 10.0 Å². The number of hydrogen-bond donors (Lipinski definition) is 1. The third-order valence-electron chi connectivity index (χ3n) is 2.89. The van der Waals surface area contributed by atoms with E-state index >= 15 is 0 Å². The molecule has 2 nitrogen and oxygen atoms in total. The number of hydrogen-bond acceptors (Lipinski definition) is 2. The summed E-state index contributed by atoms with van der Waals surface area (Å²) in [6.07, 6.45) is -10.9. The Bertz CT molecular complexity index is 474. The largest absolute Gasteiger partial charge is 0.497 e. The maximum Gasteiger partial charge on any atom is 0.402 e. The molecule has 1 atom stereocenters. The predicted molar refractivity (Wildman–Crippen MR) is 68.1 cm³/mol. The first-order valence-corrected chi connectivity index (χ1v) is 6.45. The Morgan fingerprint density at radius 2 is 1.62 bits per heavy atom. The molecule has 0 spiro atoms. The monoisotopic (exact) mass is 379 g/mol. The molecule has 1 rings (SSSR count). The SMILES string of the molecule is CNC(c1ccc(OC)cc1Br)C(C(F)(F)F)C(F)(F)F. The van der Waals surface area contributed by atoms with E-state index in [4.69, 9.17) is 4.74 Å². The molecule has 0 aromatic heterocycles. The van der Waals surface area contributed by atoms with Gasteiger partial charge in [-0.15, -0.1) is 0 Å². The summed E-state index contributed by atoms with van der Waals surface area (Å²) in [5.74, 6) is -3.20. The highest BCUT2D eigenvalue weighted by Gasteiger charge is 2.60. The Hall–Kier alpha value is -0.960. The molecular weight excluding hydrogens is 368 g/mol. The van der Waals surface area contributed by atoms with Crippen LogP contribution in [0.3, 0.4) is 0 Å². The summed E-state index contributed by atoms with van der Waals surface area (Å²) < 4.78 is 81.9. The van der Waals surface area contributed by atoms with Crippen LogP contribution < -0.4 is 10.1 Å². The van der Waals surface area contributed by atoms with Crippen LogP contribution in [-0.4, -0.2) is 26.5 Å². The summed E-state index contributed by atoms with van der Waals surface area (Å²) >= 11 is 2.98. The molecule has 120 valence electrons. The number of benzene rings is 1. The smallest absolute Gasteiger partial charge is 0.402 e. The van der Waals surface area contributed by atoms with Gasteiger partial charge in [0.05, 0.1) is 13.2 Å². The van der Waals surface area contributed by atoms with Crippen LogP contribution in [0.5, 0.6) is 5.75 Å². The minimum atomic E-state index is -5.43. The average molecular weight is 380 g/mol. The van der Waals surface area contributed by atoms with Gasteiger partial charge in [-0.3, -0.25) is 0 Å². The zero-order valence-corrected chi connectivity index (χ0v) is 12.5. The van der Waals surface area contributed by atoms with Crippen molar-refractivity contribution in [2.45, 2.75) is 18.4 Å². The van der Waals surface area contributed by atoms with Gasteiger partial charge in [0.1, 0.15) is 5.75 Å². The summed E-state index contributed by atoms with van der Waals surface area (Å²) in [5.41, 5.74) is -0.155. The van der Waals surface area contributed by atoms with Gasteiger partial charge in [0.15, 0.2) is 5.92 Å². The van der Waals surface area contributed by atoms with Gasteiger partial charge in [-0.25, -0.2) is 0 Å². The van der Waals surface area contributed by atoms with Crippen LogP contribution in [0.2, 0.25) is 0 Å². The Balaban J connectivity index is 3.33. The molecule has 1 aromatic carbocycles. The van der Waals surface area contributed by atoms with Crippen molar-refractivity contribution in [3.63, 3.8) is 0 Å². The molecule has 0 amide bonds. The molecule has 9 heteroatoms. The zero-order chi connectivity index (χ0) is 16.4. The number of ether oxygens (including phenoxy) is 1. The minimum Gasteiger partial charge on any atom is -0.497 e. The van der Waals surface area contributed by atoms with E-state index in [1.54, 1.807) is 0 Å². The highest BCUT2D eigenvalue weighted by atomic mass is 79.9. The van der Waals surface area contributed by atoms with E-state index in [0.717, 1.165) is 13.1 Å². The van der Waals surface area contributed by atoms with Crippen LogP contribution >= 0.6 is 15.9 Å². The van der Waals surface area contributed by atoms with Crippen molar-refractivity contribution in [1.82, 2.24) is 5.32 Å². The molecule has 1 N–H and O–H groups in total. The van der Waals surface area contributed by atoms with Gasteiger partial charge in [0.25, 0.3) is 0 Å². The van der Waals surface area contributed by atoms with Crippen molar-refractivity contribution < 1.29 is 31.1 Å². The highest BCUT2D eigenvalue weighted by Crippen LogP contribution is 2.47. The van der Waals surface area contributed by atoms with Crippen LogP contribution in [0.15, 0.2) is 22.7 Å². The predicted octanol–water partition coefficient (Wildman–Crippen LogP) is 4.46. The Labute approximate surface area is 125 Å². The van der Waals surface area contributed by atoms with Gasteiger partial charge in [0, 0.05) is 4.47 Å². The first-order chi connectivity index (χ1) is 9.52. The topological polar surface area (TPSA) is 21.3 Å². The summed E-state index contributed by atoms with van der Waals surface area (Å²) in [6, 6.07) is 1.80. The van der Waals surface area contributed by atoms with Crippen molar-refractivity contribution in [3.8, 4) is 5.75 Å². The quantitative estimate of drug-likeness (QED) is 0.779. The zero-order valence-electron chi connectivity index (χ0n) is 10.9. The lowest BCUT2D eigenvalue weighted by molar-refractivity contribution is -0.292. The summed E-state index contributed by atoms with van der Waals surface area (Å²) in [7, 11) is 2.39. The van der Waals surface area contributed by atoms with Crippen LogP contribution in [0.1, 0.15) is 11.6 Å². The van der Waals surface area contributed by atoms with Gasteiger partial charge >= 0.3 is 12.4 Å². The lowest BCUT2D eigenvalue weighted by Gasteiger charge is -2.31. The highest BCUT2D eigenvalue weighted by molar-refractivity contribution is 9.10. The van der Waals surface area contributed by atoms with Crippen molar-refractivity contribution in [2.24, 2.45) is 5.92 Å². The normalized spacial score (nSPS) is 14.4. The molecule has 1 unspecified atom stereocenters. The van der Waals surface area contributed by atoms with Crippen molar-refractivity contribution in [2.75, 3.05) is 14.2 Å². The summed E-state index contributed by atoms with van der Waals surface area (Å²) in [6.45, 7) is 0. The maximum atomic E-state index is 12.8. The standard InChI is InChI=1S/C12H12BrF6NO/c1-20-9(10(11(14,15)16)12(17,18)19)7-4-3-6(21-2)5-8(7)13/h3-5,9-10,20H,1-2H3. The number of alkyl halides is 6. The first kappa shape index (κ1) is 18.1.